The monoisotopic (exact) mass is 239 g/mol. The van der Waals surface area contributed by atoms with Crippen molar-refractivity contribution < 1.29 is 9.47 Å². The van der Waals surface area contributed by atoms with Crippen LogP contribution in [0.3, 0.4) is 0 Å². The Morgan fingerprint density at radius 3 is 3.19 bits per heavy atom. The van der Waals surface area contributed by atoms with Crippen molar-refractivity contribution in [1.82, 2.24) is 5.32 Å². The average molecular weight is 240 g/mol. The minimum atomic E-state index is 0.0740. The quantitative estimate of drug-likeness (QED) is 0.753. The van der Waals surface area contributed by atoms with Crippen LogP contribution in [0.25, 0.3) is 0 Å². The van der Waals surface area contributed by atoms with Crippen LogP contribution >= 0.6 is 11.6 Å². The van der Waals surface area contributed by atoms with Crippen LogP contribution in [0.1, 0.15) is 18.1 Å². The van der Waals surface area contributed by atoms with Gasteiger partial charge in [-0.25, -0.2) is 0 Å². The lowest BCUT2D eigenvalue weighted by molar-refractivity contribution is -0.00584. The summed E-state index contributed by atoms with van der Waals surface area (Å²) in [6, 6.07) is 6.08. The molecule has 1 fully saturated rings. The summed E-state index contributed by atoms with van der Waals surface area (Å²) in [6.45, 7) is 2.39. The largest absolute Gasteiger partial charge is 0.493 e. The molecular weight excluding hydrogens is 226 g/mol. The van der Waals surface area contributed by atoms with Crippen LogP contribution in [0.4, 0.5) is 0 Å². The van der Waals surface area contributed by atoms with E-state index in [4.69, 9.17) is 21.1 Å². The fourth-order valence-corrected chi connectivity index (χ4v) is 2.56. The minimum absolute atomic E-state index is 0.0740. The first-order valence-electron chi connectivity index (χ1n) is 5.62. The van der Waals surface area contributed by atoms with Crippen LogP contribution in [0.15, 0.2) is 18.2 Å². The normalized spacial score (nSPS) is 28.6. The van der Waals surface area contributed by atoms with Crippen LogP contribution in [0.2, 0.25) is 5.02 Å². The molecule has 0 amide bonds. The Morgan fingerprint density at radius 1 is 1.31 bits per heavy atom. The Bertz CT molecular complexity index is 397. The lowest BCUT2D eigenvalue weighted by Crippen LogP contribution is -2.43. The highest BCUT2D eigenvalue weighted by molar-refractivity contribution is 6.30. The van der Waals surface area contributed by atoms with Crippen LogP contribution in [-0.4, -0.2) is 25.8 Å². The van der Waals surface area contributed by atoms with Gasteiger partial charge in [-0.2, -0.15) is 0 Å². The summed E-state index contributed by atoms with van der Waals surface area (Å²) in [6.07, 6.45) is 1.04. The van der Waals surface area contributed by atoms with Gasteiger partial charge in [0.05, 0.1) is 13.2 Å². The third-order valence-electron chi connectivity index (χ3n) is 3.14. The van der Waals surface area contributed by atoms with Crippen molar-refractivity contribution in [2.75, 3.05) is 19.8 Å². The number of hydrogen-bond acceptors (Lipinski definition) is 3. The topological polar surface area (TPSA) is 30.5 Å². The van der Waals surface area contributed by atoms with E-state index in [1.54, 1.807) is 0 Å². The van der Waals surface area contributed by atoms with E-state index in [2.05, 4.69) is 5.32 Å². The molecule has 4 heteroatoms. The average Bonchev–Trinajstić information content (AvgIpc) is 2.48. The second-order valence-corrected chi connectivity index (χ2v) is 4.61. The van der Waals surface area contributed by atoms with Gasteiger partial charge in [-0.3, -0.25) is 0 Å². The van der Waals surface area contributed by atoms with Gasteiger partial charge in [-0.05, 0) is 24.6 Å². The summed E-state index contributed by atoms with van der Waals surface area (Å²) in [5.74, 6) is 0.903. The summed E-state index contributed by atoms with van der Waals surface area (Å²) in [4.78, 5) is 0. The molecule has 2 aliphatic heterocycles. The van der Waals surface area contributed by atoms with E-state index in [0.717, 1.165) is 42.5 Å². The van der Waals surface area contributed by atoms with Gasteiger partial charge in [-0.15, -0.1) is 0 Å². The van der Waals surface area contributed by atoms with E-state index in [1.165, 1.54) is 0 Å². The van der Waals surface area contributed by atoms with E-state index >= 15 is 0 Å². The molecular formula is C12H14ClNO2. The standard InChI is InChI=1S/C12H14ClNO2/c13-8-1-2-11-9(7-8)12-10(3-5-15-11)14-4-6-16-12/h1-2,7,10,12,14H,3-6H2/t10-,12-/m1/s1. The second-order valence-electron chi connectivity index (χ2n) is 4.17. The first kappa shape index (κ1) is 10.4. The zero-order chi connectivity index (χ0) is 11.0. The predicted molar refractivity (Wildman–Crippen MR) is 62.0 cm³/mol. The van der Waals surface area contributed by atoms with Gasteiger partial charge in [0.15, 0.2) is 0 Å². The van der Waals surface area contributed by atoms with E-state index < -0.39 is 0 Å². The molecule has 0 radical (unpaired) electrons. The van der Waals surface area contributed by atoms with Gasteiger partial charge >= 0.3 is 0 Å². The van der Waals surface area contributed by atoms with Gasteiger partial charge < -0.3 is 14.8 Å². The third-order valence-corrected chi connectivity index (χ3v) is 3.37. The van der Waals surface area contributed by atoms with Crippen LogP contribution < -0.4 is 10.1 Å². The maximum Gasteiger partial charge on any atom is 0.125 e. The number of ether oxygens (including phenoxy) is 2. The molecule has 3 rings (SSSR count). The molecule has 1 aromatic carbocycles. The van der Waals surface area contributed by atoms with Crippen molar-refractivity contribution in [2.24, 2.45) is 0 Å². The number of nitrogens with one attached hydrogen (secondary N) is 1. The molecule has 2 atom stereocenters. The number of benzene rings is 1. The van der Waals surface area contributed by atoms with Crippen molar-refractivity contribution in [3.8, 4) is 5.75 Å². The molecule has 2 heterocycles. The molecule has 1 aromatic rings. The highest BCUT2D eigenvalue weighted by Crippen LogP contribution is 2.36. The molecule has 16 heavy (non-hydrogen) atoms. The Hall–Kier alpha value is -0.770. The van der Waals surface area contributed by atoms with Crippen LogP contribution in [-0.2, 0) is 4.74 Å². The Kier molecular flexibility index (Phi) is 2.75. The number of morpholine rings is 1. The van der Waals surface area contributed by atoms with Gasteiger partial charge in [0.25, 0.3) is 0 Å². The summed E-state index contributed by atoms with van der Waals surface area (Å²) in [5.41, 5.74) is 1.07. The van der Waals surface area contributed by atoms with E-state index in [0.29, 0.717) is 6.04 Å². The molecule has 3 nitrogen and oxygen atoms in total. The fraction of sp³-hybridized carbons (Fsp3) is 0.500. The molecule has 0 saturated carbocycles. The summed E-state index contributed by atoms with van der Waals surface area (Å²) >= 11 is 6.03. The molecule has 0 unspecified atom stereocenters. The molecule has 0 spiro atoms. The van der Waals surface area contributed by atoms with Gasteiger partial charge in [-0.1, -0.05) is 11.6 Å². The van der Waals surface area contributed by atoms with Crippen molar-refractivity contribution in [3.63, 3.8) is 0 Å². The summed E-state index contributed by atoms with van der Waals surface area (Å²) < 4.78 is 11.6. The lowest BCUT2D eigenvalue weighted by atomic mass is 9.99. The zero-order valence-corrected chi connectivity index (χ0v) is 9.67. The van der Waals surface area contributed by atoms with Crippen molar-refractivity contribution in [2.45, 2.75) is 18.6 Å². The third kappa shape index (κ3) is 1.79. The molecule has 86 valence electrons. The smallest absolute Gasteiger partial charge is 0.125 e. The number of hydrogen-bond donors (Lipinski definition) is 1. The van der Waals surface area contributed by atoms with Crippen molar-refractivity contribution >= 4 is 11.6 Å². The SMILES string of the molecule is Clc1ccc2c(c1)[C@H]1OCCN[C@@H]1CCO2. The Balaban J connectivity index is 2.02. The maximum atomic E-state index is 6.03. The first-order chi connectivity index (χ1) is 7.84. The predicted octanol–water partition coefficient (Wildman–Crippen LogP) is 2.15. The maximum absolute atomic E-state index is 6.03. The van der Waals surface area contributed by atoms with Crippen LogP contribution in [0.5, 0.6) is 5.75 Å². The van der Waals surface area contributed by atoms with E-state index in [-0.39, 0.29) is 6.10 Å². The number of fused-ring (bicyclic) bond motifs is 3. The fourth-order valence-electron chi connectivity index (χ4n) is 2.38. The molecule has 0 aromatic heterocycles. The molecule has 1 N–H and O–H groups in total. The van der Waals surface area contributed by atoms with Crippen molar-refractivity contribution in [3.05, 3.63) is 28.8 Å². The highest BCUT2D eigenvalue weighted by atomic mass is 35.5. The Morgan fingerprint density at radius 2 is 2.25 bits per heavy atom. The summed E-state index contributed by atoms with van der Waals surface area (Å²) in [5, 5.41) is 4.21. The zero-order valence-electron chi connectivity index (χ0n) is 8.91. The lowest BCUT2D eigenvalue weighted by Gasteiger charge is -2.31. The molecule has 1 saturated heterocycles. The molecule has 0 bridgehead atoms. The van der Waals surface area contributed by atoms with Crippen LogP contribution in [0, 0.1) is 0 Å². The van der Waals surface area contributed by atoms with Gasteiger partial charge in [0.2, 0.25) is 0 Å². The second kappa shape index (κ2) is 4.24. The highest BCUT2D eigenvalue weighted by Gasteiger charge is 2.31. The van der Waals surface area contributed by atoms with Gasteiger partial charge in [0, 0.05) is 23.2 Å². The summed E-state index contributed by atoms with van der Waals surface area (Å²) in [7, 11) is 0. The van der Waals surface area contributed by atoms with E-state index in [1.807, 2.05) is 18.2 Å². The molecule has 0 aliphatic carbocycles. The minimum Gasteiger partial charge on any atom is -0.493 e. The van der Waals surface area contributed by atoms with Gasteiger partial charge in [0.1, 0.15) is 11.9 Å². The Labute approximate surface area is 99.7 Å². The number of rotatable bonds is 0. The molecule has 2 aliphatic rings. The first-order valence-corrected chi connectivity index (χ1v) is 5.99. The van der Waals surface area contributed by atoms with Crippen molar-refractivity contribution in [1.29, 1.82) is 0 Å². The number of halogens is 1. The van der Waals surface area contributed by atoms with E-state index in [9.17, 15) is 0 Å².